The number of halogens is 5. The first-order valence-corrected chi connectivity index (χ1v) is 44.8. The van der Waals surface area contributed by atoms with E-state index in [-0.39, 0.29) is 119 Å². The van der Waals surface area contributed by atoms with Crippen LogP contribution in [0.4, 0.5) is 45.2 Å². The van der Waals surface area contributed by atoms with Crippen molar-refractivity contribution in [2.75, 3.05) is 55.8 Å². The molecular formula is C100H112F5N21O10. The number of nitrogens with one attached hydrogen (secondary N) is 5. The minimum absolute atomic E-state index is 0.00786. The SMILES string of the molecule is Cc1ccc(F)cc1C(=O)NCc1ccc(-c2nn(C(C)C3CC3)c(N)c2C(N)=O)cc1.Cc1ccc(F)cc1C(=O)NCc1ccc(-c2nn(C(C)C3CCOCC3)c(N)c2C(N)=O)cc1.Cc1ccc(F)cc1C(=O)NCc1ccc(-c2nn(C3CCNCC3(F)F)c(N)c2C(N)=O)cc1.Cc1ccccc1C(=O)NC(CO)c1ccc(-c2nn(C3CCCC3)c(N)c2C(N)=O)cc1C. The Hall–Kier alpha value is -14.9. The van der Waals surface area contributed by atoms with E-state index in [2.05, 4.69) is 47.0 Å². The van der Waals surface area contributed by atoms with E-state index in [1.165, 1.54) is 42.5 Å². The number of nitrogen functional groups attached to an aromatic ring is 4. The minimum Gasteiger partial charge on any atom is -0.394 e. The first-order valence-electron chi connectivity index (χ1n) is 44.8. The number of carbonyl (C=O) groups is 8. The number of piperidine rings is 1. The third kappa shape index (κ3) is 22.6. The van der Waals surface area contributed by atoms with E-state index >= 15 is 0 Å². The summed E-state index contributed by atoms with van der Waals surface area (Å²) in [6.07, 6.45) is 8.29. The number of benzene rings is 8. The summed E-state index contributed by atoms with van der Waals surface area (Å²) in [5.41, 5.74) is 60.2. The lowest BCUT2D eigenvalue weighted by molar-refractivity contribution is -0.0689. The number of carbonyl (C=O) groups excluding carboxylic acids is 8. The predicted octanol–water partition coefficient (Wildman–Crippen LogP) is 13.4. The van der Waals surface area contributed by atoms with Gasteiger partial charge in [0.25, 0.3) is 53.2 Å². The lowest BCUT2D eigenvalue weighted by Gasteiger charge is -2.32. The van der Waals surface area contributed by atoms with Crippen molar-refractivity contribution >= 4 is 70.5 Å². The van der Waals surface area contributed by atoms with Crippen LogP contribution in [0.2, 0.25) is 0 Å². The number of nitrogens with zero attached hydrogens (tertiary/aromatic N) is 8. The van der Waals surface area contributed by atoms with E-state index in [0.717, 1.165) is 83.9 Å². The van der Waals surface area contributed by atoms with Gasteiger partial charge in [-0.2, -0.15) is 20.4 Å². The molecule has 8 aromatic carbocycles. The van der Waals surface area contributed by atoms with Crippen LogP contribution in [0.15, 0.2) is 170 Å². The maximum absolute atomic E-state index is 14.5. The molecule has 31 nitrogen and oxygen atoms in total. The van der Waals surface area contributed by atoms with Gasteiger partial charge in [-0.05, 0) is 210 Å². The number of anilines is 4. The van der Waals surface area contributed by atoms with Crippen LogP contribution in [-0.4, -0.2) is 130 Å². The molecule has 2 aliphatic carbocycles. The number of aliphatic hydroxyl groups excluding tert-OH is 1. The van der Waals surface area contributed by atoms with Crippen molar-refractivity contribution in [2.45, 2.75) is 162 Å². The number of aryl methyl sites for hydroxylation is 5. The largest absolute Gasteiger partial charge is 0.394 e. The quantitative estimate of drug-likeness (QED) is 0.0213. The fraction of sp³-hybridized carbons (Fsp3) is 0.320. The zero-order valence-electron chi connectivity index (χ0n) is 76.4. The Kier molecular flexibility index (Phi) is 31.1. The summed E-state index contributed by atoms with van der Waals surface area (Å²) in [6.45, 7) is 14.7. The molecule has 2 saturated carbocycles. The minimum atomic E-state index is -3.10. The lowest BCUT2D eigenvalue weighted by Crippen LogP contribution is -2.47. The Morgan fingerprint density at radius 2 is 0.816 bits per heavy atom. The second-order valence-electron chi connectivity index (χ2n) is 34.7. The number of aliphatic hydroxyl groups is 1. The van der Waals surface area contributed by atoms with E-state index < -0.39 is 71.5 Å². The molecule has 36 heteroatoms. The Morgan fingerprint density at radius 3 is 1.21 bits per heavy atom. The fourth-order valence-corrected chi connectivity index (χ4v) is 17.3. The van der Waals surface area contributed by atoms with Gasteiger partial charge < -0.3 is 82.3 Å². The van der Waals surface area contributed by atoms with Crippen LogP contribution < -0.4 is 72.5 Å². The number of ether oxygens (including phenoxy) is 1. The standard InChI is InChI=1S/C26H30FN5O3.C26H31N5O3.C24H25F3N6O2.C24H26FN5O2/c1-15-3-8-20(27)13-21(15)26(34)30-14-17-4-6-19(7-5-17)23-22(25(29)33)24(28)32(31-23)16(2)18-9-11-35-12-10-18;1-15-7-3-6-10-20(15)26(34)29-21(14-32)19-12-11-17(13-16(19)2)23-22(25(28)33)24(27)31(30-23)18-8-4-5-9-18;1-13-2-7-16(25)10-17(13)23(35)31-11-14-3-5-15(6-4-14)20-19(22(29)34)21(28)33(32-20)18-8-9-30-12-24(18,26)27;1-13-3-10-18(25)11-19(13)24(32)28-12-15-4-6-17(7-5-15)21-20(23(27)31)22(26)30(29-21)14(2)16-8-9-16/h3-8,13,16,18H,9-12,14,28H2,1-2H3,(H2,29,33)(H,30,34);3,6-7,10-13,18,21,32H,4-5,8-9,14,27H2,1-2H3,(H2,28,33)(H,29,34);2-7,10,18,30H,8-9,11-12,28H2,1H3,(H2,29,34)(H,31,35);3-7,10-11,14,16H,8-9,12,26H2,1-2H3,(H2,27,31)(H,28,32). The molecule has 12 aromatic rings. The maximum Gasteiger partial charge on any atom is 0.282 e. The van der Waals surface area contributed by atoms with Gasteiger partial charge in [0.2, 0.25) is 0 Å². The summed E-state index contributed by atoms with van der Waals surface area (Å²) in [6, 6.07) is 44.6. The number of nitrogens with two attached hydrogens (primary N) is 8. The van der Waals surface area contributed by atoms with Gasteiger partial charge in [-0.1, -0.05) is 134 Å². The van der Waals surface area contributed by atoms with Crippen LogP contribution in [0.1, 0.15) is 235 Å². The van der Waals surface area contributed by atoms with Gasteiger partial charge in [-0.15, -0.1) is 0 Å². The van der Waals surface area contributed by atoms with Gasteiger partial charge in [-0.3, -0.25) is 38.4 Å². The Labute approximate surface area is 782 Å². The maximum atomic E-state index is 14.5. The molecule has 4 unspecified atom stereocenters. The van der Waals surface area contributed by atoms with Crippen molar-refractivity contribution in [3.8, 4) is 45.0 Å². The summed E-state index contributed by atoms with van der Waals surface area (Å²) in [5.74, 6) is -7.13. The van der Waals surface area contributed by atoms with Crippen LogP contribution in [0.25, 0.3) is 45.0 Å². The average Bonchev–Trinajstić information content (AvgIpc) is 1.56. The van der Waals surface area contributed by atoms with Gasteiger partial charge in [0.05, 0.1) is 37.3 Å². The zero-order valence-corrected chi connectivity index (χ0v) is 76.4. The molecule has 2 saturated heterocycles. The molecule has 0 spiro atoms. The molecule has 136 heavy (non-hydrogen) atoms. The monoisotopic (exact) mass is 1860 g/mol. The summed E-state index contributed by atoms with van der Waals surface area (Å²) < 4.78 is 81.0. The lowest BCUT2D eigenvalue weighted by atomic mass is 9.93. The van der Waals surface area contributed by atoms with Crippen molar-refractivity contribution in [3.63, 3.8) is 0 Å². The van der Waals surface area contributed by atoms with Crippen molar-refractivity contribution in [1.82, 2.24) is 65.7 Å². The molecular weight excluding hydrogens is 1750 g/mol. The molecule has 4 atom stereocenters. The molecule has 8 amide bonds. The van der Waals surface area contributed by atoms with Gasteiger partial charge in [0, 0.05) is 77.4 Å². The summed E-state index contributed by atoms with van der Waals surface area (Å²) in [5, 5.41) is 42.2. The first-order chi connectivity index (χ1) is 64.9. The Balaban J connectivity index is 0.000000153. The molecule has 16 rings (SSSR count). The summed E-state index contributed by atoms with van der Waals surface area (Å²) in [4.78, 5) is 98.8. The van der Waals surface area contributed by atoms with E-state index in [1.807, 2.05) is 113 Å². The molecule has 6 heterocycles. The highest BCUT2D eigenvalue weighted by Gasteiger charge is 2.46. The number of alkyl halides is 2. The highest BCUT2D eigenvalue weighted by atomic mass is 19.3. The number of aromatic nitrogens is 8. The normalized spacial score (nSPS) is 15.3. The molecule has 22 N–H and O–H groups in total. The summed E-state index contributed by atoms with van der Waals surface area (Å²) in [7, 11) is 0. The van der Waals surface area contributed by atoms with Crippen molar-refractivity contribution in [3.05, 3.63) is 282 Å². The fourth-order valence-electron chi connectivity index (χ4n) is 17.3. The summed E-state index contributed by atoms with van der Waals surface area (Å²) >= 11 is 0. The van der Waals surface area contributed by atoms with Crippen LogP contribution >= 0.6 is 0 Å². The topological polar surface area (TPSA) is 506 Å². The van der Waals surface area contributed by atoms with E-state index in [4.69, 9.17) is 50.6 Å². The van der Waals surface area contributed by atoms with E-state index in [1.54, 1.807) is 77.3 Å². The molecule has 0 radical (unpaired) electrons. The van der Waals surface area contributed by atoms with Gasteiger partial charge in [0.15, 0.2) is 0 Å². The van der Waals surface area contributed by atoms with Crippen molar-refractivity contribution < 1.29 is 70.2 Å². The number of hydrogen-bond acceptors (Lipinski definition) is 19. The zero-order chi connectivity index (χ0) is 97.8. The third-order valence-corrected chi connectivity index (χ3v) is 25.4. The number of hydrogen-bond donors (Lipinski definition) is 14. The molecule has 2 aliphatic heterocycles. The van der Waals surface area contributed by atoms with Crippen LogP contribution in [0.5, 0.6) is 0 Å². The first kappa shape index (κ1) is 98.6. The van der Waals surface area contributed by atoms with Crippen molar-refractivity contribution in [1.29, 1.82) is 0 Å². The Morgan fingerprint density at radius 1 is 0.441 bits per heavy atom. The van der Waals surface area contributed by atoms with Crippen LogP contribution in [0, 0.1) is 63.9 Å². The van der Waals surface area contributed by atoms with Crippen LogP contribution in [-0.2, 0) is 24.4 Å². The second kappa shape index (κ2) is 43.0. The Bertz CT molecular complexity index is 6460. The van der Waals surface area contributed by atoms with E-state index in [0.29, 0.717) is 116 Å². The molecule has 4 aliphatic rings. The van der Waals surface area contributed by atoms with Gasteiger partial charge >= 0.3 is 0 Å². The van der Waals surface area contributed by atoms with Gasteiger partial charge in [0.1, 0.15) is 91.8 Å². The second-order valence-corrected chi connectivity index (χ2v) is 34.7. The molecule has 0 bridgehead atoms. The average molecular weight is 1860 g/mol. The predicted molar refractivity (Wildman–Crippen MR) is 507 cm³/mol. The molecule has 4 aromatic heterocycles. The smallest absolute Gasteiger partial charge is 0.282 e. The highest BCUT2D eigenvalue weighted by molar-refractivity contribution is 6.06. The van der Waals surface area contributed by atoms with Crippen molar-refractivity contribution in [2.24, 2.45) is 34.8 Å². The number of rotatable bonds is 27. The molecule has 4 fully saturated rings. The van der Waals surface area contributed by atoms with Crippen LogP contribution in [0.3, 0.4) is 0 Å². The van der Waals surface area contributed by atoms with E-state index in [9.17, 15) is 65.4 Å². The third-order valence-electron chi connectivity index (χ3n) is 25.4. The van der Waals surface area contributed by atoms with Gasteiger partial charge in [-0.25, -0.2) is 40.7 Å². The highest BCUT2D eigenvalue weighted by Crippen LogP contribution is 2.44. The number of primary amides is 4. The number of amides is 8. The molecule has 712 valence electrons.